The molecule has 1 rings (SSSR count). The third kappa shape index (κ3) is 1.69. The van der Waals surface area contributed by atoms with E-state index in [4.69, 9.17) is 5.26 Å². The lowest BCUT2D eigenvalue weighted by molar-refractivity contribution is 0.370. The van der Waals surface area contributed by atoms with Gasteiger partial charge in [-0.1, -0.05) is 0 Å². The number of likely N-dealkylation sites (N-methyl/N-ethyl adjacent to an activating group) is 1. The Hall–Kier alpha value is -0.590. The molecule has 1 saturated heterocycles. The third-order valence-electron chi connectivity index (χ3n) is 1.97. The molecule has 0 saturated carbocycles. The Morgan fingerprint density at radius 2 is 2.60 bits per heavy atom. The largest absolute Gasteiger partial charge is 0.316 e. The zero-order chi connectivity index (χ0) is 7.40. The standard InChI is InChI=1S/C7H13N3/c1-9-7-2-4-10(6-7)5-3-8/h7,9H,2,4-6H2,1H3/t7-/m1/s1. The summed E-state index contributed by atoms with van der Waals surface area (Å²) in [6.45, 7) is 2.68. The van der Waals surface area contributed by atoms with Crippen molar-refractivity contribution in [2.24, 2.45) is 0 Å². The van der Waals surface area contributed by atoms with Crippen molar-refractivity contribution in [3.8, 4) is 6.07 Å². The first kappa shape index (κ1) is 7.52. The number of nitriles is 1. The number of likely N-dealkylation sites (tertiary alicyclic amines) is 1. The number of nitrogens with one attached hydrogen (secondary N) is 1. The fourth-order valence-corrected chi connectivity index (χ4v) is 1.31. The van der Waals surface area contributed by atoms with Crippen molar-refractivity contribution >= 4 is 0 Å². The Bertz CT molecular complexity index is 138. The predicted molar refractivity (Wildman–Crippen MR) is 39.5 cm³/mol. The van der Waals surface area contributed by atoms with Gasteiger partial charge in [-0.15, -0.1) is 0 Å². The highest BCUT2D eigenvalue weighted by Gasteiger charge is 2.19. The van der Waals surface area contributed by atoms with Crippen LogP contribution in [0.5, 0.6) is 0 Å². The van der Waals surface area contributed by atoms with Gasteiger partial charge in [0.2, 0.25) is 0 Å². The highest BCUT2D eigenvalue weighted by Crippen LogP contribution is 2.06. The quantitative estimate of drug-likeness (QED) is 0.539. The summed E-state index contributed by atoms with van der Waals surface area (Å²) >= 11 is 0. The summed E-state index contributed by atoms with van der Waals surface area (Å²) in [7, 11) is 1.97. The van der Waals surface area contributed by atoms with Crippen molar-refractivity contribution in [1.29, 1.82) is 5.26 Å². The summed E-state index contributed by atoms with van der Waals surface area (Å²) in [4.78, 5) is 2.17. The molecule has 0 aromatic carbocycles. The van der Waals surface area contributed by atoms with Crippen LogP contribution in [0.1, 0.15) is 6.42 Å². The first-order chi connectivity index (χ1) is 4.86. The number of nitrogens with zero attached hydrogens (tertiary/aromatic N) is 2. The lowest BCUT2D eigenvalue weighted by Crippen LogP contribution is -2.29. The van der Waals surface area contributed by atoms with Crippen molar-refractivity contribution in [3.63, 3.8) is 0 Å². The number of hydrogen-bond donors (Lipinski definition) is 1. The minimum absolute atomic E-state index is 0.582. The average Bonchev–Trinajstić information content (AvgIpc) is 2.37. The maximum absolute atomic E-state index is 8.37. The van der Waals surface area contributed by atoms with Crippen LogP contribution in [0.4, 0.5) is 0 Å². The second-order valence-electron chi connectivity index (χ2n) is 2.67. The second kappa shape index (κ2) is 3.55. The first-order valence-electron chi connectivity index (χ1n) is 3.63. The molecule has 3 nitrogen and oxygen atoms in total. The van der Waals surface area contributed by atoms with Crippen molar-refractivity contribution in [3.05, 3.63) is 0 Å². The summed E-state index contributed by atoms with van der Waals surface area (Å²) < 4.78 is 0. The SMILES string of the molecule is CN[C@@H]1CCN(CC#N)C1. The van der Waals surface area contributed by atoms with E-state index in [1.807, 2.05) is 7.05 Å². The van der Waals surface area contributed by atoms with Gasteiger partial charge in [0, 0.05) is 19.1 Å². The van der Waals surface area contributed by atoms with E-state index < -0.39 is 0 Å². The molecule has 0 aromatic rings. The molecule has 0 bridgehead atoms. The molecule has 0 radical (unpaired) electrons. The Kier molecular flexibility index (Phi) is 2.67. The van der Waals surface area contributed by atoms with Crippen LogP contribution in [0.15, 0.2) is 0 Å². The molecule has 0 unspecified atom stereocenters. The summed E-state index contributed by atoms with van der Waals surface area (Å²) in [5, 5.41) is 11.6. The van der Waals surface area contributed by atoms with Gasteiger partial charge in [0.25, 0.3) is 0 Å². The van der Waals surface area contributed by atoms with Crippen LogP contribution in [-0.4, -0.2) is 37.6 Å². The Morgan fingerprint density at radius 3 is 3.10 bits per heavy atom. The number of rotatable bonds is 2. The van der Waals surface area contributed by atoms with Gasteiger partial charge in [0.1, 0.15) is 0 Å². The van der Waals surface area contributed by atoms with Crippen molar-refractivity contribution in [2.45, 2.75) is 12.5 Å². The molecule has 0 spiro atoms. The van der Waals surface area contributed by atoms with Gasteiger partial charge in [-0.25, -0.2) is 0 Å². The summed E-state index contributed by atoms with van der Waals surface area (Å²) in [6, 6.07) is 2.76. The van der Waals surface area contributed by atoms with Gasteiger partial charge >= 0.3 is 0 Å². The number of hydrogen-bond acceptors (Lipinski definition) is 3. The van der Waals surface area contributed by atoms with E-state index in [1.54, 1.807) is 0 Å². The molecule has 3 heteroatoms. The fourth-order valence-electron chi connectivity index (χ4n) is 1.31. The van der Waals surface area contributed by atoms with Crippen LogP contribution in [-0.2, 0) is 0 Å². The first-order valence-corrected chi connectivity index (χ1v) is 3.63. The second-order valence-corrected chi connectivity index (χ2v) is 2.67. The third-order valence-corrected chi connectivity index (χ3v) is 1.97. The van der Waals surface area contributed by atoms with Gasteiger partial charge in [0.15, 0.2) is 0 Å². The molecule has 1 aliphatic heterocycles. The van der Waals surface area contributed by atoms with Crippen molar-refractivity contribution in [2.75, 3.05) is 26.7 Å². The molecule has 1 N–H and O–H groups in total. The van der Waals surface area contributed by atoms with Crippen LogP contribution in [0.2, 0.25) is 0 Å². The van der Waals surface area contributed by atoms with E-state index in [0.29, 0.717) is 12.6 Å². The predicted octanol–water partition coefficient (Wildman–Crippen LogP) is -0.196. The van der Waals surface area contributed by atoms with Crippen LogP contribution in [0.3, 0.4) is 0 Å². The molecular weight excluding hydrogens is 126 g/mol. The van der Waals surface area contributed by atoms with E-state index >= 15 is 0 Å². The fraction of sp³-hybridized carbons (Fsp3) is 0.857. The average molecular weight is 139 g/mol. The maximum Gasteiger partial charge on any atom is 0.0866 e. The van der Waals surface area contributed by atoms with E-state index in [2.05, 4.69) is 16.3 Å². The molecule has 1 heterocycles. The van der Waals surface area contributed by atoms with Gasteiger partial charge in [0.05, 0.1) is 12.6 Å². The molecule has 56 valence electrons. The summed E-state index contributed by atoms with van der Waals surface area (Å²) in [5.74, 6) is 0. The zero-order valence-electron chi connectivity index (χ0n) is 6.30. The van der Waals surface area contributed by atoms with Crippen LogP contribution >= 0.6 is 0 Å². The normalized spacial score (nSPS) is 26.6. The molecule has 0 amide bonds. The molecule has 0 aliphatic carbocycles. The van der Waals surface area contributed by atoms with Crippen molar-refractivity contribution < 1.29 is 0 Å². The van der Waals surface area contributed by atoms with Crippen molar-refractivity contribution in [1.82, 2.24) is 10.2 Å². The molecule has 1 fully saturated rings. The molecular formula is C7H13N3. The van der Waals surface area contributed by atoms with Gasteiger partial charge in [-0.3, -0.25) is 4.90 Å². The lowest BCUT2D eigenvalue weighted by Gasteiger charge is -2.10. The van der Waals surface area contributed by atoms with Gasteiger partial charge in [-0.2, -0.15) is 5.26 Å². The van der Waals surface area contributed by atoms with Gasteiger partial charge < -0.3 is 5.32 Å². The molecule has 1 aliphatic rings. The molecule has 0 aromatic heterocycles. The highest BCUT2D eigenvalue weighted by atomic mass is 15.2. The van der Waals surface area contributed by atoms with E-state index in [1.165, 1.54) is 6.42 Å². The highest BCUT2D eigenvalue weighted by molar-refractivity contribution is 4.85. The smallest absolute Gasteiger partial charge is 0.0866 e. The monoisotopic (exact) mass is 139 g/mol. The molecule has 1 atom stereocenters. The van der Waals surface area contributed by atoms with Gasteiger partial charge in [-0.05, 0) is 13.5 Å². The van der Waals surface area contributed by atoms with E-state index in [-0.39, 0.29) is 0 Å². The molecule has 10 heavy (non-hydrogen) atoms. The summed E-state index contributed by atoms with van der Waals surface area (Å²) in [6.07, 6.45) is 1.18. The Balaban J connectivity index is 2.23. The lowest BCUT2D eigenvalue weighted by atomic mass is 10.3. The summed E-state index contributed by atoms with van der Waals surface area (Å²) in [5.41, 5.74) is 0. The van der Waals surface area contributed by atoms with Crippen LogP contribution < -0.4 is 5.32 Å². The topological polar surface area (TPSA) is 39.1 Å². The minimum atomic E-state index is 0.582. The zero-order valence-corrected chi connectivity index (χ0v) is 6.30. The van der Waals surface area contributed by atoms with E-state index in [9.17, 15) is 0 Å². The Morgan fingerprint density at radius 1 is 1.80 bits per heavy atom. The minimum Gasteiger partial charge on any atom is -0.316 e. The van der Waals surface area contributed by atoms with E-state index in [0.717, 1.165) is 13.1 Å². The Labute approximate surface area is 61.6 Å². The maximum atomic E-state index is 8.37. The van der Waals surface area contributed by atoms with Crippen LogP contribution in [0, 0.1) is 11.3 Å². The van der Waals surface area contributed by atoms with Crippen LogP contribution in [0.25, 0.3) is 0 Å².